The van der Waals surface area contributed by atoms with Crippen LogP contribution in [-0.2, 0) is 21.4 Å². The summed E-state index contributed by atoms with van der Waals surface area (Å²) in [5.41, 5.74) is 0.231. The van der Waals surface area contributed by atoms with Crippen molar-refractivity contribution in [2.75, 3.05) is 0 Å². The van der Waals surface area contributed by atoms with Crippen molar-refractivity contribution >= 4 is 21.9 Å². The molecule has 0 unspecified atom stereocenters. The van der Waals surface area contributed by atoms with E-state index in [1.54, 1.807) is 12.1 Å². The van der Waals surface area contributed by atoms with Gasteiger partial charge in [-0.3, -0.25) is 9.59 Å². The molecule has 2 amide bonds. The predicted octanol–water partition coefficient (Wildman–Crippen LogP) is 0.942. The van der Waals surface area contributed by atoms with Gasteiger partial charge in [-0.1, -0.05) is 12.1 Å². The number of amides is 2. The molecule has 8 heteroatoms. The normalized spacial score (nSPS) is 14.6. The van der Waals surface area contributed by atoms with Crippen LogP contribution < -0.4 is 0 Å². The van der Waals surface area contributed by atoms with Gasteiger partial charge in [0.05, 0.1) is 11.1 Å². The highest BCUT2D eigenvalue weighted by Gasteiger charge is 2.40. The monoisotopic (exact) mass is 306 g/mol. The van der Waals surface area contributed by atoms with Crippen molar-refractivity contribution in [2.24, 2.45) is 7.05 Å². The van der Waals surface area contributed by atoms with Crippen LogP contribution in [0.3, 0.4) is 0 Å². The number of hydrogen-bond acceptors (Lipinski definition) is 5. The Morgan fingerprint density at radius 1 is 0.952 bits per heavy atom. The first-order valence-electron chi connectivity index (χ1n) is 5.95. The Bertz CT molecular complexity index is 818. The summed E-state index contributed by atoms with van der Waals surface area (Å²) in [7, 11) is -2.75. The number of aryl methyl sites for hydroxylation is 1. The summed E-state index contributed by atoms with van der Waals surface area (Å²) in [6.07, 6.45) is 1.51. The Balaban J connectivity index is 1.96. The zero-order valence-electron chi connectivity index (χ0n) is 10.9. The van der Waals surface area contributed by atoms with Crippen molar-refractivity contribution in [1.29, 1.82) is 0 Å². The van der Waals surface area contributed by atoms with Gasteiger partial charge in [0.15, 0.2) is 5.03 Å². The van der Waals surface area contributed by atoms with E-state index in [0.29, 0.717) is 0 Å². The number of hydrogen-bond donors (Lipinski definition) is 0. The van der Waals surface area contributed by atoms with E-state index in [-0.39, 0.29) is 21.2 Å². The van der Waals surface area contributed by atoms with Gasteiger partial charge in [-0.15, -0.1) is 9.35 Å². The van der Waals surface area contributed by atoms with Crippen LogP contribution in [0.15, 0.2) is 47.6 Å². The molecule has 108 valence electrons. The van der Waals surface area contributed by atoms with Crippen LogP contribution in [0.25, 0.3) is 0 Å². The fourth-order valence-corrected chi connectivity index (χ4v) is 3.14. The average Bonchev–Trinajstić information content (AvgIpc) is 2.98. The molecule has 0 saturated heterocycles. The smallest absolute Gasteiger partial charge is 0.334 e. The maximum atomic E-state index is 12.1. The van der Waals surface area contributed by atoms with Crippen LogP contribution >= 0.6 is 0 Å². The van der Waals surface area contributed by atoms with E-state index in [4.69, 9.17) is 4.28 Å². The second kappa shape index (κ2) is 4.54. The van der Waals surface area contributed by atoms with Crippen LogP contribution in [0.5, 0.6) is 0 Å². The van der Waals surface area contributed by atoms with Crippen molar-refractivity contribution in [3.8, 4) is 0 Å². The molecule has 0 atom stereocenters. The molecule has 0 spiro atoms. The van der Waals surface area contributed by atoms with Crippen LogP contribution in [0.1, 0.15) is 20.7 Å². The van der Waals surface area contributed by atoms with Crippen LogP contribution in [0.2, 0.25) is 0 Å². The molecular formula is C13H10N2O5S. The molecule has 0 saturated carbocycles. The van der Waals surface area contributed by atoms with Gasteiger partial charge >= 0.3 is 10.1 Å². The SMILES string of the molecule is Cn1cccc1S(=O)(=O)ON1C(=O)c2ccccc2C1=O. The highest BCUT2D eigenvalue weighted by molar-refractivity contribution is 7.86. The number of rotatable bonds is 3. The Morgan fingerprint density at radius 2 is 1.52 bits per heavy atom. The first-order chi connectivity index (χ1) is 9.92. The molecule has 1 aliphatic rings. The Hall–Kier alpha value is -2.45. The largest absolute Gasteiger partial charge is 0.340 e. The number of carbonyl (C=O) groups excluding carboxylic acids is 2. The summed E-state index contributed by atoms with van der Waals surface area (Å²) in [6.45, 7) is 0. The Morgan fingerprint density at radius 3 is 2.00 bits per heavy atom. The second-order valence-corrected chi connectivity index (χ2v) is 5.91. The summed E-state index contributed by atoms with van der Waals surface area (Å²) in [6, 6.07) is 8.87. The summed E-state index contributed by atoms with van der Waals surface area (Å²) in [5.74, 6) is -1.60. The average molecular weight is 306 g/mol. The van der Waals surface area contributed by atoms with Crippen molar-refractivity contribution < 1.29 is 22.3 Å². The number of benzene rings is 1. The molecule has 2 heterocycles. The van der Waals surface area contributed by atoms with Gasteiger partial charge in [-0.2, -0.15) is 8.42 Å². The highest BCUT2D eigenvalue weighted by atomic mass is 32.2. The molecule has 21 heavy (non-hydrogen) atoms. The van der Waals surface area contributed by atoms with Gasteiger partial charge in [-0.05, 0) is 24.3 Å². The third-order valence-corrected chi connectivity index (χ3v) is 4.36. The topological polar surface area (TPSA) is 85.7 Å². The van der Waals surface area contributed by atoms with E-state index in [0.717, 1.165) is 0 Å². The molecule has 0 bridgehead atoms. The maximum Gasteiger partial charge on any atom is 0.334 e. The van der Waals surface area contributed by atoms with E-state index in [9.17, 15) is 18.0 Å². The number of imide groups is 1. The lowest BCUT2D eigenvalue weighted by Crippen LogP contribution is -2.33. The van der Waals surface area contributed by atoms with Crippen LogP contribution in [-0.4, -0.2) is 29.9 Å². The van der Waals surface area contributed by atoms with Gasteiger partial charge in [-0.25, -0.2) is 0 Å². The minimum atomic E-state index is -4.27. The fourth-order valence-electron chi connectivity index (χ4n) is 2.08. The molecule has 7 nitrogen and oxygen atoms in total. The molecule has 2 aromatic rings. The molecule has 0 aliphatic carbocycles. The summed E-state index contributed by atoms with van der Waals surface area (Å²) >= 11 is 0. The predicted molar refractivity (Wildman–Crippen MR) is 70.6 cm³/mol. The van der Waals surface area contributed by atoms with E-state index in [2.05, 4.69) is 0 Å². The van der Waals surface area contributed by atoms with E-state index < -0.39 is 21.9 Å². The zero-order chi connectivity index (χ0) is 15.2. The first-order valence-corrected chi connectivity index (χ1v) is 7.36. The second-order valence-electron chi connectivity index (χ2n) is 4.44. The van der Waals surface area contributed by atoms with Gasteiger partial charge in [0, 0.05) is 13.2 Å². The van der Waals surface area contributed by atoms with E-state index >= 15 is 0 Å². The zero-order valence-corrected chi connectivity index (χ0v) is 11.7. The van der Waals surface area contributed by atoms with Crippen molar-refractivity contribution in [3.05, 3.63) is 53.7 Å². The maximum absolute atomic E-state index is 12.1. The molecule has 0 fully saturated rings. The quantitative estimate of drug-likeness (QED) is 0.788. The first kappa shape index (κ1) is 13.5. The molecule has 1 aromatic carbocycles. The van der Waals surface area contributed by atoms with Gasteiger partial charge in [0.1, 0.15) is 0 Å². The van der Waals surface area contributed by atoms with Crippen molar-refractivity contribution in [1.82, 2.24) is 9.63 Å². The minimum Gasteiger partial charge on any atom is -0.340 e. The minimum absolute atomic E-state index is 0.115. The van der Waals surface area contributed by atoms with Gasteiger partial charge < -0.3 is 4.57 Å². The molecule has 3 rings (SSSR count). The molecule has 0 radical (unpaired) electrons. The molecule has 0 N–H and O–H groups in total. The van der Waals surface area contributed by atoms with E-state index in [1.807, 2.05) is 0 Å². The summed E-state index contributed by atoms with van der Waals surface area (Å²) < 4.78 is 30.3. The van der Waals surface area contributed by atoms with Gasteiger partial charge in [0.25, 0.3) is 11.8 Å². The lowest BCUT2D eigenvalue weighted by atomic mass is 10.1. The van der Waals surface area contributed by atoms with Gasteiger partial charge in [0.2, 0.25) is 0 Å². The number of nitrogens with zero attached hydrogens (tertiary/aromatic N) is 2. The molecule has 1 aliphatic heterocycles. The fraction of sp³-hybridized carbons (Fsp3) is 0.0769. The number of fused-ring (bicyclic) bond motifs is 1. The standard InChI is InChI=1S/C13H10N2O5S/c1-14-8-4-7-11(14)21(18,19)20-15-12(16)9-5-2-3-6-10(9)13(15)17/h2-8H,1H3. The molecular weight excluding hydrogens is 296 g/mol. The molecule has 1 aromatic heterocycles. The van der Waals surface area contributed by atoms with Crippen LogP contribution in [0.4, 0.5) is 0 Å². The highest BCUT2D eigenvalue weighted by Crippen LogP contribution is 2.25. The lowest BCUT2D eigenvalue weighted by molar-refractivity contribution is -0.0106. The van der Waals surface area contributed by atoms with Crippen molar-refractivity contribution in [3.63, 3.8) is 0 Å². The Labute approximate surface area is 120 Å². The Kier molecular flexibility index (Phi) is 2.92. The summed E-state index contributed by atoms with van der Waals surface area (Å²) in [5, 5.41) is 0.117. The third kappa shape index (κ3) is 2.05. The third-order valence-electron chi connectivity index (χ3n) is 3.08. The summed E-state index contributed by atoms with van der Waals surface area (Å²) in [4.78, 5) is 24.1. The number of aromatic nitrogens is 1. The number of hydroxylamine groups is 2. The van der Waals surface area contributed by atoms with Crippen molar-refractivity contribution in [2.45, 2.75) is 5.03 Å². The number of carbonyl (C=O) groups is 2. The van der Waals surface area contributed by atoms with E-state index in [1.165, 1.54) is 42.1 Å². The lowest BCUT2D eigenvalue weighted by Gasteiger charge is -2.13. The van der Waals surface area contributed by atoms with Crippen LogP contribution in [0, 0.1) is 0 Å².